The highest BCUT2D eigenvalue weighted by Crippen LogP contribution is 2.27. The second-order valence-corrected chi connectivity index (χ2v) is 6.00. The maximum Gasteiger partial charge on any atom is 0.0897 e. The van der Waals surface area contributed by atoms with Crippen LogP contribution in [0.4, 0.5) is 0 Å². The molecule has 0 aromatic rings. The van der Waals surface area contributed by atoms with Crippen LogP contribution in [0.1, 0.15) is 39.0 Å². The third kappa shape index (κ3) is 6.65. The summed E-state index contributed by atoms with van der Waals surface area (Å²) in [5, 5.41) is 14.0. The van der Waals surface area contributed by atoms with Gasteiger partial charge in [-0.05, 0) is 31.9 Å². The van der Waals surface area contributed by atoms with Gasteiger partial charge in [-0.25, -0.2) is 0 Å². The van der Waals surface area contributed by atoms with E-state index in [-0.39, 0.29) is 6.10 Å². The normalized spacial score (nSPS) is 26.3. The van der Waals surface area contributed by atoms with Crippen LogP contribution in [0.3, 0.4) is 0 Å². The third-order valence-corrected chi connectivity index (χ3v) is 4.41. The van der Waals surface area contributed by atoms with Crippen molar-refractivity contribution in [3.63, 3.8) is 0 Å². The van der Waals surface area contributed by atoms with Gasteiger partial charge in [-0.1, -0.05) is 13.3 Å². The predicted molar refractivity (Wildman–Crippen MR) is 74.7 cm³/mol. The molecular formula is C13H27NO2S. The van der Waals surface area contributed by atoms with Crippen molar-refractivity contribution in [2.24, 2.45) is 0 Å². The molecule has 0 heterocycles. The molecule has 0 aromatic heterocycles. The minimum Gasteiger partial charge on any atom is -0.389 e. The zero-order valence-corrected chi connectivity index (χ0v) is 12.0. The van der Waals surface area contributed by atoms with Crippen molar-refractivity contribution in [1.82, 2.24) is 5.32 Å². The van der Waals surface area contributed by atoms with Crippen molar-refractivity contribution in [3.05, 3.63) is 0 Å². The van der Waals surface area contributed by atoms with Crippen LogP contribution in [0.2, 0.25) is 0 Å². The summed E-state index contributed by atoms with van der Waals surface area (Å²) in [6, 6.07) is 0.595. The van der Waals surface area contributed by atoms with Crippen LogP contribution in [-0.2, 0) is 4.74 Å². The van der Waals surface area contributed by atoms with Gasteiger partial charge in [-0.3, -0.25) is 0 Å². The molecule has 0 amide bonds. The first-order valence-electron chi connectivity index (χ1n) is 6.78. The number of nitrogens with one attached hydrogen (secondary N) is 1. The van der Waals surface area contributed by atoms with Crippen molar-refractivity contribution < 1.29 is 9.84 Å². The van der Waals surface area contributed by atoms with E-state index >= 15 is 0 Å². The van der Waals surface area contributed by atoms with Crippen LogP contribution in [0.25, 0.3) is 0 Å². The van der Waals surface area contributed by atoms with E-state index in [1.54, 1.807) is 0 Å². The zero-order chi connectivity index (χ0) is 12.5. The van der Waals surface area contributed by atoms with Gasteiger partial charge in [0.2, 0.25) is 0 Å². The Morgan fingerprint density at radius 1 is 1.47 bits per heavy atom. The topological polar surface area (TPSA) is 41.5 Å². The highest BCUT2D eigenvalue weighted by molar-refractivity contribution is 7.99. The molecule has 1 aliphatic rings. The summed E-state index contributed by atoms with van der Waals surface area (Å²) >= 11 is 1.96. The quantitative estimate of drug-likeness (QED) is 0.623. The molecule has 3 nitrogen and oxygen atoms in total. The summed E-state index contributed by atoms with van der Waals surface area (Å²) in [7, 11) is 0. The Kier molecular flexibility index (Phi) is 8.27. The molecule has 4 heteroatoms. The molecule has 0 saturated heterocycles. The molecule has 0 bridgehead atoms. The van der Waals surface area contributed by atoms with E-state index in [0.29, 0.717) is 19.2 Å². The average Bonchev–Trinajstić information content (AvgIpc) is 2.80. The minimum atomic E-state index is -0.361. The maximum atomic E-state index is 9.74. The smallest absolute Gasteiger partial charge is 0.0897 e. The third-order valence-electron chi connectivity index (χ3n) is 3.31. The first-order chi connectivity index (χ1) is 8.26. The number of hydrogen-bond donors (Lipinski definition) is 2. The lowest BCUT2D eigenvalue weighted by atomic mass is 10.2. The second-order valence-electron chi connectivity index (χ2n) is 4.86. The first-order valence-corrected chi connectivity index (χ1v) is 8.07. The van der Waals surface area contributed by atoms with Gasteiger partial charge in [0.1, 0.15) is 0 Å². The van der Waals surface area contributed by atoms with Crippen LogP contribution in [0.5, 0.6) is 0 Å². The van der Waals surface area contributed by atoms with Gasteiger partial charge < -0.3 is 15.2 Å². The van der Waals surface area contributed by atoms with Crippen LogP contribution in [0.15, 0.2) is 0 Å². The summed E-state index contributed by atoms with van der Waals surface area (Å²) < 4.78 is 5.40. The fourth-order valence-electron chi connectivity index (χ4n) is 2.17. The lowest BCUT2D eigenvalue weighted by Gasteiger charge is -2.16. The Labute approximate surface area is 110 Å². The maximum absolute atomic E-state index is 9.74. The van der Waals surface area contributed by atoms with E-state index in [4.69, 9.17) is 4.74 Å². The van der Waals surface area contributed by atoms with E-state index in [1.165, 1.54) is 19.3 Å². The molecule has 17 heavy (non-hydrogen) atoms. The van der Waals surface area contributed by atoms with Gasteiger partial charge >= 0.3 is 0 Å². The average molecular weight is 261 g/mol. The van der Waals surface area contributed by atoms with Crippen molar-refractivity contribution in [1.29, 1.82) is 0 Å². The van der Waals surface area contributed by atoms with Crippen LogP contribution in [-0.4, -0.2) is 48.5 Å². The Bertz CT molecular complexity index is 192. The largest absolute Gasteiger partial charge is 0.389 e. The van der Waals surface area contributed by atoms with Gasteiger partial charge in [-0.15, -0.1) is 0 Å². The highest BCUT2D eigenvalue weighted by Gasteiger charge is 2.23. The van der Waals surface area contributed by atoms with Crippen molar-refractivity contribution >= 4 is 11.8 Å². The molecule has 3 unspecified atom stereocenters. The molecule has 2 N–H and O–H groups in total. The number of hydrogen-bond acceptors (Lipinski definition) is 4. The molecule has 3 atom stereocenters. The van der Waals surface area contributed by atoms with Gasteiger partial charge in [0.05, 0.1) is 12.7 Å². The Hall–Kier alpha value is 0.230. The van der Waals surface area contributed by atoms with Crippen molar-refractivity contribution in [2.45, 2.75) is 56.4 Å². The Morgan fingerprint density at radius 3 is 2.94 bits per heavy atom. The second kappa shape index (κ2) is 9.20. The molecule has 0 aromatic carbocycles. The Balaban J connectivity index is 1.98. The predicted octanol–water partition coefficient (Wildman–Crippen LogP) is 2.04. The van der Waals surface area contributed by atoms with Gasteiger partial charge in [0.15, 0.2) is 0 Å². The van der Waals surface area contributed by atoms with Gasteiger partial charge in [-0.2, -0.15) is 11.8 Å². The summed E-state index contributed by atoms with van der Waals surface area (Å²) in [6.07, 6.45) is 7.84. The van der Waals surface area contributed by atoms with Crippen LogP contribution < -0.4 is 5.32 Å². The molecule has 0 spiro atoms. The fraction of sp³-hybridized carbons (Fsp3) is 1.00. The summed E-state index contributed by atoms with van der Waals surface area (Å²) in [6.45, 7) is 4.04. The molecular weight excluding hydrogens is 234 g/mol. The Morgan fingerprint density at radius 2 is 2.29 bits per heavy atom. The standard InChI is InChI=1S/C13H27NO2S/c1-3-4-7-16-10-12(15)9-14-11-5-6-13(8-11)17-2/h11-15H,3-10H2,1-2H3. The zero-order valence-electron chi connectivity index (χ0n) is 11.2. The van der Waals surface area contributed by atoms with E-state index in [2.05, 4.69) is 18.5 Å². The number of unbranched alkanes of at least 4 members (excludes halogenated alkanes) is 1. The molecule has 0 radical (unpaired) electrons. The van der Waals surface area contributed by atoms with Gasteiger partial charge in [0, 0.05) is 24.4 Å². The number of aliphatic hydroxyl groups is 1. The summed E-state index contributed by atoms with van der Waals surface area (Å²) in [5.41, 5.74) is 0. The highest BCUT2D eigenvalue weighted by atomic mass is 32.2. The lowest BCUT2D eigenvalue weighted by molar-refractivity contribution is 0.0347. The molecule has 1 aliphatic carbocycles. The number of thioether (sulfide) groups is 1. The lowest BCUT2D eigenvalue weighted by Crippen LogP contribution is -2.36. The van der Waals surface area contributed by atoms with Crippen LogP contribution in [0, 0.1) is 0 Å². The number of aliphatic hydroxyl groups excluding tert-OH is 1. The van der Waals surface area contributed by atoms with Crippen molar-refractivity contribution in [2.75, 3.05) is 26.0 Å². The minimum absolute atomic E-state index is 0.361. The molecule has 1 rings (SSSR count). The van der Waals surface area contributed by atoms with E-state index < -0.39 is 0 Å². The number of ether oxygens (including phenoxy) is 1. The van der Waals surface area contributed by atoms with Gasteiger partial charge in [0.25, 0.3) is 0 Å². The summed E-state index contributed by atoms with van der Waals surface area (Å²) in [4.78, 5) is 0. The molecule has 1 saturated carbocycles. The van der Waals surface area contributed by atoms with E-state index in [1.807, 2.05) is 11.8 Å². The number of rotatable bonds is 9. The molecule has 0 aliphatic heterocycles. The van der Waals surface area contributed by atoms with Crippen molar-refractivity contribution in [3.8, 4) is 0 Å². The molecule has 102 valence electrons. The van der Waals surface area contributed by atoms with E-state index in [9.17, 15) is 5.11 Å². The first kappa shape index (κ1) is 15.3. The fourth-order valence-corrected chi connectivity index (χ4v) is 2.96. The molecule has 1 fully saturated rings. The monoisotopic (exact) mass is 261 g/mol. The van der Waals surface area contributed by atoms with Crippen LogP contribution >= 0.6 is 11.8 Å². The van der Waals surface area contributed by atoms with E-state index in [0.717, 1.165) is 24.7 Å². The summed E-state index contributed by atoms with van der Waals surface area (Å²) in [5.74, 6) is 0. The SMILES string of the molecule is CCCCOCC(O)CNC1CCC(SC)C1.